The zero-order chi connectivity index (χ0) is 16.7. The predicted octanol–water partition coefficient (Wildman–Crippen LogP) is 4.38. The van der Waals surface area contributed by atoms with Crippen molar-refractivity contribution in [2.45, 2.75) is 18.1 Å². The Labute approximate surface area is 143 Å². The fraction of sp³-hybridized carbons (Fsp3) is 0.312. The molecule has 0 spiro atoms. The summed E-state index contributed by atoms with van der Waals surface area (Å²) in [6, 6.07) is 9.24. The molecule has 7 heteroatoms. The molecule has 0 aliphatic rings. The molecule has 1 heterocycles. The molecule has 23 heavy (non-hydrogen) atoms. The molecule has 0 aliphatic carbocycles. The van der Waals surface area contributed by atoms with E-state index in [1.165, 1.54) is 11.3 Å². The van der Waals surface area contributed by atoms with E-state index in [2.05, 4.69) is 5.32 Å². The van der Waals surface area contributed by atoms with Crippen LogP contribution in [0, 0.1) is 6.92 Å². The van der Waals surface area contributed by atoms with Crippen LogP contribution < -0.4 is 10.1 Å². The maximum atomic E-state index is 11.9. The molecule has 0 saturated heterocycles. The molecule has 5 nitrogen and oxygen atoms in total. The first-order valence-corrected chi connectivity index (χ1v) is 8.79. The second kappa shape index (κ2) is 8.93. The summed E-state index contributed by atoms with van der Waals surface area (Å²) in [7, 11) is 3.20. The molecule has 0 fully saturated rings. The van der Waals surface area contributed by atoms with Crippen molar-refractivity contribution in [3.8, 4) is 5.75 Å². The first kappa shape index (κ1) is 17.8. The van der Waals surface area contributed by atoms with Gasteiger partial charge >= 0.3 is 6.09 Å². The zero-order valence-corrected chi connectivity index (χ0v) is 14.8. The number of amides is 1. The topological polar surface area (TPSA) is 56.8 Å². The lowest BCUT2D eigenvalue weighted by Crippen LogP contribution is -2.16. The second-order valence-electron chi connectivity index (χ2n) is 4.69. The van der Waals surface area contributed by atoms with Gasteiger partial charge in [0.1, 0.15) is 5.75 Å². The summed E-state index contributed by atoms with van der Waals surface area (Å²) in [5.41, 5.74) is 1.11. The average molecular weight is 353 g/mol. The van der Waals surface area contributed by atoms with Gasteiger partial charge in [-0.1, -0.05) is 6.07 Å². The Morgan fingerprint density at radius 1 is 1.30 bits per heavy atom. The number of rotatable bonds is 7. The van der Waals surface area contributed by atoms with Gasteiger partial charge in [0.05, 0.1) is 5.00 Å². The van der Waals surface area contributed by atoms with E-state index < -0.39 is 6.09 Å². The van der Waals surface area contributed by atoms with Crippen molar-refractivity contribution < 1.29 is 19.0 Å². The van der Waals surface area contributed by atoms with E-state index in [-0.39, 0.29) is 6.29 Å². The predicted molar refractivity (Wildman–Crippen MR) is 93.7 cm³/mol. The summed E-state index contributed by atoms with van der Waals surface area (Å²) in [5, 5.41) is 5.44. The van der Waals surface area contributed by atoms with Gasteiger partial charge in [-0.15, -0.1) is 23.1 Å². The van der Waals surface area contributed by atoms with Gasteiger partial charge < -0.3 is 14.2 Å². The van der Waals surface area contributed by atoms with E-state index in [0.29, 0.717) is 11.5 Å². The number of benzene rings is 1. The highest BCUT2D eigenvalue weighted by Gasteiger charge is 2.09. The molecular formula is C16H19NO4S2. The highest BCUT2D eigenvalue weighted by molar-refractivity contribution is 7.99. The summed E-state index contributed by atoms with van der Waals surface area (Å²) in [6.07, 6.45) is -0.768. The SMILES string of the molecule is COC(CSc1cccc(OC(=O)Nc2cc(C)cs2)c1)OC. The van der Waals surface area contributed by atoms with Gasteiger partial charge in [0.25, 0.3) is 0 Å². The van der Waals surface area contributed by atoms with Gasteiger partial charge in [0.2, 0.25) is 0 Å². The summed E-state index contributed by atoms with van der Waals surface area (Å²) < 4.78 is 15.6. The number of ether oxygens (including phenoxy) is 3. The lowest BCUT2D eigenvalue weighted by Gasteiger charge is -2.13. The number of thioether (sulfide) groups is 1. The maximum Gasteiger partial charge on any atom is 0.417 e. The minimum atomic E-state index is -0.499. The number of hydrogen-bond acceptors (Lipinski definition) is 6. The summed E-state index contributed by atoms with van der Waals surface area (Å²) in [6.45, 7) is 1.97. The molecule has 1 aromatic carbocycles. The molecule has 2 rings (SSSR count). The monoisotopic (exact) mass is 353 g/mol. The largest absolute Gasteiger partial charge is 0.417 e. The third-order valence-electron chi connectivity index (χ3n) is 2.88. The molecule has 1 N–H and O–H groups in total. The highest BCUT2D eigenvalue weighted by atomic mass is 32.2. The van der Waals surface area contributed by atoms with E-state index in [0.717, 1.165) is 15.5 Å². The summed E-state index contributed by atoms with van der Waals surface area (Å²) in [5.74, 6) is 1.14. The first-order valence-electron chi connectivity index (χ1n) is 6.93. The summed E-state index contributed by atoms with van der Waals surface area (Å²) >= 11 is 3.03. The van der Waals surface area contributed by atoms with Crippen molar-refractivity contribution in [1.29, 1.82) is 0 Å². The Hall–Kier alpha value is -1.54. The van der Waals surface area contributed by atoms with Crippen molar-refractivity contribution in [3.63, 3.8) is 0 Å². The van der Waals surface area contributed by atoms with Crippen molar-refractivity contribution in [3.05, 3.63) is 41.3 Å². The maximum absolute atomic E-state index is 11.9. The van der Waals surface area contributed by atoms with E-state index in [1.807, 2.05) is 36.6 Å². The highest BCUT2D eigenvalue weighted by Crippen LogP contribution is 2.25. The lowest BCUT2D eigenvalue weighted by atomic mass is 10.3. The third-order valence-corrected chi connectivity index (χ3v) is 4.87. The van der Waals surface area contributed by atoms with Gasteiger partial charge in [-0.2, -0.15) is 0 Å². The van der Waals surface area contributed by atoms with Crippen LogP contribution in [0.3, 0.4) is 0 Å². The van der Waals surface area contributed by atoms with Crippen LogP contribution in [-0.4, -0.2) is 32.4 Å². The standard InChI is InChI=1S/C16H19NO4S2/c1-11-7-14(23-9-11)17-16(18)21-12-5-4-6-13(8-12)22-10-15(19-2)20-3/h4-9,15H,10H2,1-3H3,(H,17,18). The van der Waals surface area contributed by atoms with Crippen molar-refractivity contribution in [1.82, 2.24) is 0 Å². The zero-order valence-electron chi connectivity index (χ0n) is 13.2. The Balaban J connectivity index is 1.90. The smallest absolute Gasteiger partial charge is 0.410 e. The van der Waals surface area contributed by atoms with E-state index in [9.17, 15) is 4.79 Å². The molecule has 124 valence electrons. The second-order valence-corrected chi connectivity index (χ2v) is 6.69. The quantitative estimate of drug-likeness (QED) is 0.591. The molecule has 0 unspecified atom stereocenters. The van der Waals surface area contributed by atoms with Gasteiger partial charge in [-0.3, -0.25) is 5.32 Å². The molecule has 2 aromatic rings. The average Bonchev–Trinajstić information content (AvgIpc) is 2.93. The normalized spacial score (nSPS) is 10.8. The van der Waals surface area contributed by atoms with Crippen molar-refractivity contribution in [2.24, 2.45) is 0 Å². The number of anilines is 1. The third kappa shape index (κ3) is 5.87. The van der Waals surface area contributed by atoms with Gasteiger partial charge in [-0.05, 0) is 42.1 Å². The molecule has 0 saturated carbocycles. The number of aryl methyl sites for hydroxylation is 1. The van der Waals surface area contributed by atoms with Gasteiger partial charge in [-0.25, -0.2) is 4.79 Å². The number of nitrogens with one attached hydrogen (secondary N) is 1. The Kier molecular flexibility index (Phi) is 6.91. The van der Waals surface area contributed by atoms with Gasteiger partial charge in [0.15, 0.2) is 6.29 Å². The van der Waals surface area contributed by atoms with Crippen LogP contribution in [0.2, 0.25) is 0 Å². The van der Waals surface area contributed by atoms with Crippen LogP contribution >= 0.6 is 23.1 Å². The molecule has 0 bridgehead atoms. The Morgan fingerprint density at radius 3 is 2.74 bits per heavy atom. The van der Waals surface area contributed by atoms with Crippen molar-refractivity contribution in [2.75, 3.05) is 25.3 Å². The molecular weight excluding hydrogens is 334 g/mol. The Morgan fingerprint density at radius 2 is 2.09 bits per heavy atom. The lowest BCUT2D eigenvalue weighted by molar-refractivity contribution is -0.0842. The fourth-order valence-electron chi connectivity index (χ4n) is 1.75. The minimum absolute atomic E-state index is 0.269. The van der Waals surface area contributed by atoms with Crippen LogP contribution in [0.15, 0.2) is 40.6 Å². The molecule has 0 aliphatic heterocycles. The molecule has 0 atom stereocenters. The van der Waals surface area contributed by atoms with E-state index in [4.69, 9.17) is 14.2 Å². The number of carbonyl (C=O) groups excluding carboxylic acids is 1. The fourth-order valence-corrected chi connectivity index (χ4v) is 3.51. The molecule has 1 aromatic heterocycles. The number of hydrogen-bond donors (Lipinski definition) is 1. The van der Waals surface area contributed by atoms with E-state index >= 15 is 0 Å². The van der Waals surface area contributed by atoms with Crippen LogP contribution in [0.1, 0.15) is 5.56 Å². The molecule has 1 amide bonds. The van der Waals surface area contributed by atoms with Crippen LogP contribution in [0.25, 0.3) is 0 Å². The van der Waals surface area contributed by atoms with E-state index in [1.54, 1.807) is 32.0 Å². The molecule has 0 radical (unpaired) electrons. The number of thiophene rings is 1. The number of carbonyl (C=O) groups is 1. The van der Waals surface area contributed by atoms with Crippen LogP contribution in [0.5, 0.6) is 5.75 Å². The first-order chi connectivity index (χ1) is 11.1. The number of methoxy groups -OCH3 is 2. The summed E-state index contributed by atoms with van der Waals surface area (Å²) in [4.78, 5) is 12.9. The minimum Gasteiger partial charge on any atom is -0.410 e. The van der Waals surface area contributed by atoms with Gasteiger partial charge in [0, 0.05) is 24.9 Å². The van der Waals surface area contributed by atoms with Crippen molar-refractivity contribution >= 4 is 34.2 Å². The van der Waals surface area contributed by atoms with Crippen LogP contribution in [0.4, 0.5) is 9.80 Å². The van der Waals surface area contributed by atoms with Crippen LogP contribution in [-0.2, 0) is 9.47 Å². The Bertz CT molecular complexity index is 641.